The van der Waals surface area contributed by atoms with Crippen LogP contribution in [0.1, 0.15) is 50.8 Å². The van der Waals surface area contributed by atoms with E-state index in [1.807, 2.05) is 12.5 Å². The van der Waals surface area contributed by atoms with Crippen molar-refractivity contribution in [2.45, 2.75) is 51.6 Å². The van der Waals surface area contributed by atoms with Gasteiger partial charge in [-0.25, -0.2) is 4.98 Å². The molecule has 1 heterocycles. The molecule has 0 atom stereocenters. The second-order valence-corrected chi connectivity index (χ2v) is 5.02. The molecule has 102 valence electrons. The van der Waals surface area contributed by atoms with E-state index in [0.717, 1.165) is 38.8 Å². The first kappa shape index (κ1) is 13.6. The first-order chi connectivity index (χ1) is 8.92. The molecule has 0 saturated heterocycles. The summed E-state index contributed by atoms with van der Waals surface area (Å²) in [5.74, 6) is 0. The molecule has 1 aliphatic carbocycles. The standard InChI is InChI=1S/C14H25N3O/c1-2-3-8-18-9-4-7-15-10-14-11-16-12-17(14)13-5-6-13/h11-13,15H,2-10H2,1H3. The van der Waals surface area contributed by atoms with Crippen LogP contribution in [0.25, 0.3) is 0 Å². The summed E-state index contributed by atoms with van der Waals surface area (Å²) in [6.45, 7) is 5.90. The Kier molecular flexibility index (Phi) is 5.68. The van der Waals surface area contributed by atoms with Gasteiger partial charge < -0.3 is 14.6 Å². The SMILES string of the molecule is CCCCOCCCNCc1cncn1C1CC1. The number of hydrogen-bond donors (Lipinski definition) is 1. The van der Waals surface area contributed by atoms with Gasteiger partial charge in [0, 0.05) is 32.0 Å². The van der Waals surface area contributed by atoms with Crippen molar-refractivity contribution < 1.29 is 4.74 Å². The first-order valence-corrected chi connectivity index (χ1v) is 7.21. The van der Waals surface area contributed by atoms with E-state index in [1.54, 1.807) is 0 Å². The summed E-state index contributed by atoms with van der Waals surface area (Å²) in [6.07, 6.45) is 10.0. The first-order valence-electron chi connectivity index (χ1n) is 7.21. The lowest BCUT2D eigenvalue weighted by Crippen LogP contribution is -2.18. The Hall–Kier alpha value is -0.870. The zero-order valence-electron chi connectivity index (χ0n) is 11.4. The van der Waals surface area contributed by atoms with Crippen molar-refractivity contribution in [1.29, 1.82) is 0 Å². The summed E-state index contributed by atoms with van der Waals surface area (Å²) < 4.78 is 7.84. The zero-order chi connectivity index (χ0) is 12.6. The summed E-state index contributed by atoms with van der Waals surface area (Å²) in [6, 6.07) is 0.724. The number of imidazole rings is 1. The molecule has 0 aliphatic heterocycles. The van der Waals surface area contributed by atoms with Crippen molar-refractivity contribution in [2.24, 2.45) is 0 Å². The van der Waals surface area contributed by atoms with Gasteiger partial charge in [0.1, 0.15) is 0 Å². The predicted octanol–water partition coefficient (Wildman–Crippen LogP) is 2.51. The second kappa shape index (κ2) is 7.54. The summed E-state index contributed by atoms with van der Waals surface area (Å²) in [5, 5.41) is 3.46. The van der Waals surface area contributed by atoms with Crippen LogP contribution >= 0.6 is 0 Å². The minimum Gasteiger partial charge on any atom is -0.381 e. The minimum absolute atomic E-state index is 0.724. The van der Waals surface area contributed by atoms with Crippen LogP contribution in [0.5, 0.6) is 0 Å². The van der Waals surface area contributed by atoms with Crippen molar-refractivity contribution in [1.82, 2.24) is 14.9 Å². The maximum absolute atomic E-state index is 5.53. The quantitative estimate of drug-likeness (QED) is 0.649. The maximum Gasteiger partial charge on any atom is 0.0951 e. The van der Waals surface area contributed by atoms with Crippen LogP contribution in [0.3, 0.4) is 0 Å². The lowest BCUT2D eigenvalue weighted by atomic mass is 10.3. The van der Waals surface area contributed by atoms with Gasteiger partial charge in [0.15, 0.2) is 0 Å². The third-order valence-corrected chi connectivity index (χ3v) is 3.28. The molecule has 0 aromatic carbocycles. The number of nitrogens with zero attached hydrogens (tertiary/aromatic N) is 2. The van der Waals surface area contributed by atoms with Crippen LogP contribution in [-0.2, 0) is 11.3 Å². The van der Waals surface area contributed by atoms with E-state index in [1.165, 1.54) is 31.4 Å². The molecule has 2 rings (SSSR count). The van der Waals surface area contributed by atoms with Crippen molar-refractivity contribution in [3.63, 3.8) is 0 Å². The molecule has 0 unspecified atom stereocenters. The summed E-state index contributed by atoms with van der Waals surface area (Å²) in [5.41, 5.74) is 1.31. The number of rotatable bonds is 10. The topological polar surface area (TPSA) is 39.1 Å². The number of nitrogens with one attached hydrogen (secondary N) is 1. The molecule has 4 heteroatoms. The van der Waals surface area contributed by atoms with E-state index in [2.05, 4.69) is 21.8 Å². The predicted molar refractivity (Wildman–Crippen MR) is 72.5 cm³/mol. The highest BCUT2D eigenvalue weighted by Crippen LogP contribution is 2.35. The minimum atomic E-state index is 0.724. The Morgan fingerprint density at radius 2 is 2.22 bits per heavy atom. The highest BCUT2D eigenvalue weighted by molar-refractivity contribution is 5.03. The third kappa shape index (κ3) is 4.42. The molecular weight excluding hydrogens is 226 g/mol. The monoisotopic (exact) mass is 251 g/mol. The van der Waals surface area contributed by atoms with Crippen LogP contribution in [0, 0.1) is 0 Å². The van der Waals surface area contributed by atoms with Crippen molar-refractivity contribution in [2.75, 3.05) is 19.8 Å². The van der Waals surface area contributed by atoms with Crippen LogP contribution in [-0.4, -0.2) is 29.3 Å². The zero-order valence-corrected chi connectivity index (χ0v) is 11.4. The van der Waals surface area contributed by atoms with E-state index in [0.29, 0.717) is 0 Å². The van der Waals surface area contributed by atoms with Gasteiger partial charge in [0.2, 0.25) is 0 Å². The average molecular weight is 251 g/mol. The van der Waals surface area contributed by atoms with Gasteiger partial charge in [0.25, 0.3) is 0 Å². The fourth-order valence-electron chi connectivity index (χ4n) is 2.01. The molecule has 18 heavy (non-hydrogen) atoms. The van der Waals surface area contributed by atoms with Gasteiger partial charge in [0.05, 0.1) is 12.0 Å². The average Bonchev–Trinajstić information content (AvgIpc) is 3.12. The molecular formula is C14H25N3O. The molecule has 1 fully saturated rings. The lowest BCUT2D eigenvalue weighted by molar-refractivity contribution is 0.128. The van der Waals surface area contributed by atoms with Crippen LogP contribution < -0.4 is 5.32 Å². The molecule has 0 amide bonds. The fraction of sp³-hybridized carbons (Fsp3) is 0.786. The Balaban J connectivity index is 1.51. The Morgan fingerprint density at radius 1 is 1.39 bits per heavy atom. The van der Waals surface area contributed by atoms with E-state index < -0.39 is 0 Å². The van der Waals surface area contributed by atoms with E-state index in [-0.39, 0.29) is 0 Å². The molecule has 1 aromatic rings. The third-order valence-electron chi connectivity index (χ3n) is 3.28. The molecule has 0 radical (unpaired) electrons. The number of ether oxygens (including phenoxy) is 1. The van der Waals surface area contributed by atoms with E-state index in [9.17, 15) is 0 Å². The smallest absolute Gasteiger partial charge is 0.0951 e. The number of unbranched alkanes of at least 4 members (excludes halogenated alkanes) is 1. The molecule has 1 N–H and O–H groups in total. The largest absolute Gasteiger partial charge is 0.381 e. The highest BCUT2D eigenvalue weighted by Gasteiger charge is 2.24. The van der Waals surface area contributed by atoms with Gasteiger partial charge in [-0.05, 0) is 32.2 Å². The van der Waals surface area contributed by atoms with Gasteiger partial charge in [-0.2, -0.15) is 0 Å². The van der Waals surface area contributed by atoms with Gasteiger partial charge in [-0.15, -0.1) is 0 Å². The summed E-state index contributed by atoms with van der Waals surface area (Å²) in [7, 11) is 0. The summed E-state index contributed by atoms with van der Waals surface area (Å²) >= 11 is 0. The van der Waals surface area contributed by atoms with Crippen LogP contribution in [0.15, 0.2) is 12.5 Å². The fourth-order valence-corrected chi connectivity index (χ4v) is 2.01. The lowest BCUT2D eigenvalue weighted by Gasteiger charge is -2.08. The molecule has 0 bridgehead atoms. The van der Waals surface area contributed by atoms with Gasteiger partial charge in [-0.3, -0.25) is 0 Å². The molecule has 1 aliphatic rings. The Bertz CT molecular complexity index is 334. The molecule has 4 nitrogen and oxygen atoms in total. The maximum atomic E-state index is 5.53. The Labute approximate surface area is 110 Å². The Morgan fingerprint density at radius 3 is 3.00 bits per heavy atom. The number of hydrogen-bond acceptors (Lipinski definition) is 3. The second-order valence-electron chi connectivity index (χ2n) is 5.02. The normalized spacial score (nSPS) is 15.2. The molecule has 0 spiro atoms. The van der Waals surface area contributed by atoms with Crippen LogP contribution in [0.2, 0.25) is 0 Å². The molecule has 1 aromatic heterocycles. The van der Waals surface area contributed by atoms with Crippen molar-refractivity contribution in [3.05, 3.63) is 18.2 Å². The van der Waals surface area contributed by atoms with Crippen LogP contribution in [0.4, 0.5) is 0 Å². The van der Waals surface area contributed by atoms with Crippen molar-refractivity contribution >= 4 is 0 Å². The highest BCUT2D eigenvalue weighted by atomic mass is 16.5. The van der Waals surface area contributed by atoms with E-state index in [4.69, 9.17) is 4.74 Å². The summed E-state index contributed by atoms with van der Waals surface area (Å²) in [4.78, 5) is 4.23. The van der Waals surface area contributed by atoms with E-state index >= 15 is 0 Å². The van der Waals surface area contributed by atoms with Gasteiger partial charge in [-0.1, -0.05) is 13.3 Å². The number of aromatic nitrogens is 2. The van der Waals surface area contributed by atoms with Crippen molar-refractivity contribution in [3.8, 4) is 0 Å². The van der Waals surface area contributed by atoms with Gasteiger partial charge >= 0.3 is 0 Å². The molecule has 1 saturated carbocycles.